The number of ether oxygens (including phenoxy) is 1. The van der Waals surface area contributed by atoms with Crippen molar-refractivity contribution >= 4 is 32.3 Å². The molecular weight excluding hydrogens is 350 g/mol. The largest absolute Gasteiger partial charge is 0.449 e. The van der Waals surface area contributed by atoms with Gasteiger partial charge in [-0.05, 0) is 54.1 Å². The fourth-order valence-corrected chi connectivity index (χ4v) is 5.43. The van der Waals surface area contributed by atoms with Crippen LogP contribution in [0.3, 0.4) is 0 Å². The number of fused-ring (bicyclic) bond motifs is 3. The number of hydrogen-bond donors (Lipinski definition) is 0. The number of aromatic nitrogens is 1. The SMILES string of the molecule is Cc1cc2cccc3c2c(c1C)-c1c(c(CC(C)C)c2sccc2[n+]1C)O3. The van der Waals surface area contributed by atoms with Crippen LogP contribution in [0.15, 0.2) is 35.7 Å². The van der Waals surface area contributed by atoms with Crippen molar-refractivity contribution in [3.8, 4) is 22.8 Å². The van der Waals surface area contributed by atoms with Gasteiger partial charge in [-0.1, -0.05) is 32.0 Å². The number of benzene rings is 2. The summed E-state index contributed by atoms with van der Waals surface area (Å²) in [6.45, 7) is 9.03. The van der Waals surface area contributed by atoms with Gasteiger partial charge in [0.25, 0.3) is 5.69 Å². The molecular formula is C24H24NOS+. The summed E-state index contributed by atoms with van der Waals surface area (Å²) in [6, 6.07) is 10.9. The monoisotopic (exact) mass is 374 g/mol. The molecule has 1 aliphatic rings. The van der Waals surface area contributed by atoms with E-state index in [4.69, 9.17) is 4.74 Å². The molecule has 0 saturated heterocycles. The first-order valence-corrected chi connectivity index (χ1v) is 10.5. The molecule has 0 saturated carbocycles. The maximum atomic E-state index is 6.62. The molecule has 2 nitrogen and oxygen atoms in total. The molecule has 3 heterocycles. The van der Waals surface area contributed by atoms with Crippen LogP contribution in [0.5, 0.6) is 11.5 Å². The van der Waals surface area contributed by atoms with Gasteiger partial charge in [-0.15, -0.1) is 11.3 Å². The normalized spacial score (nSPS) is 12.7. The lowest BCUT2D eigenvalue weighted by atomic mass is 9.89. The molecule has 0 atom stereocenters. The summed E-state index contributed by atoms with van der Waals surface area (Å²) in [6.07, 6.45) is 1.02. The van der Waals surface area contributed by atoms with Gasteiger partial charge < -0.3 is 4.74 Å². The van der Waals surface area contributed by atoms with Crippen molar-refractivity contribution < 1.29 is 9.30 Å². The number of hydrogen-bond acceptors (Lipinski definition) is 2. The first-order chi connectivity index (χ1) is 13.0. The lowest BCUT2D eigenvalue weighted by Gasteiger charge is -2.24. The van der Waals surface area contributed by atoms with Crippen LogP contribution in [0.1, 0.15) is 30.5 Å². The van der Waals surface area contributed by atoms with Crippen LogP contribution in [0.2, 0.25) is 0 Å². The van der Waals surface area contributed by atoms with Gasteiger partial charge in [0, 0.05) is 17.0 Å². The second kappa shape index (κ2) is 5.80. The average Bonchev–Trinajstić information content (AvgIpc) is 3.12. The summed E-state index contributed by atoms with van der Waals surface area (Å²) >= 11 is 1.82. The van der Waals surface area contributed by atoms with Crippen molar-refractivity contribution in [2.24, 2.45) is 13.0 Å². The molecule has 3 heteroatoms. The van der Waals surface area contributed by atoms with Crippen LogP contribution in [0.4, 0.5) is 0 Å². The molecule has 5 rings (SSSR count). The lowest BCUT2D eigenvalue weighted by Crippen LogP contribution is -2.34. The Bertz CT molecular complexity index is 1230. The van der Waals surface area contributed by atoms with Crippen LogP contribution in [0, 0.1) is 19.8 Å². The Morgan fingerprint density at radius 1 is 1.15 bits per heavy atom. The maximum Gasteiger partial charge on any atom is 0.257 e. The van der Waals surface area contributed by atoms with Crippen molar-refractivity contribution in [3.63, 3.8) is 0 Å². The minimum atomic E-state index is 0.575. The average molecular weight is 375 g/mol. The van der Waals surface area contributed by atoms with E-state index in [1.165, 1.54) is 48.9 Å². The van der Waals surface area contributed by atoms with E-state index in [9.17, 15) is 0 Å². The van der Waals surface area contributed by atoms with Gasteiger partial charge in [0.15, 0.2) is 0 Å². The first kappa shape index (κ1) is 16.8. The molecule has 4 aromatic rings. The molecule has 0 N–H and O–H groups in total. The number of pyridine rings is 1. The van der Waals surface area contributed by atoms with Crippen LogP contribution < -0.4 is 9.30 Å². The highest BCUT2D eigenvalue weighted by atomic mass is 32.1. The molecule has 2 aromatic carbocycles. The summed E-state index contributed by atoms with van der Waals surface area (Å²) in [5.41, 5.74) is 7.89. The summed E-state index contributed by atoms with van der Waals surface area (Å²) in [5, 5.41) is 4.70. The third-order valence-corrected chi connectivity index (χ3v) is 6.78. The van der Waals surface area contributed by atoms with Crippen LogP contribution in [0.25, 0.3) is 32.2 Å². The lowest BCUT2D eigenvalue weighted by molar-refractivity contribution is -0.633. The molecule has 0 spiro atoms. The molecule has 0 unspecified atom stereocenters. The third-order valence-electron chi connectivity index (χ3n) is 5.81. The van der Waals surface area contributed by atoms with E-state index in [-0.39, 0.29) is 0 Å². The van der Waals surface area contributed by atoms with E-state index >= 15 is 0 Å². The van der Waals surface area contributed by atoms with E-state index in [2.05, 4.69) is 75.0 Å². The van der Waals surface area contributed by atoms with Gasteiger partial charge in [-0.25, -0.2) is 0 Å². The topological polar surface area (TPSA) is 13.1 Å². The van der Waals surface area contributed by atoms with E-state index in [1.807, 2.05) is 11.3 Å². The Kier molecular flexibility index (Phi) is 3.60. The van der Waals surface area contributed by atoms with Crippen molar-refractivity contribution in [1.82, 2.24) is 0 Å². The fourth-order valence-electron chi connectivity index (χ4n) is 4.45. The van der Waals surface area contributed by atoms with E-state index in [0.717, 1.165) is 17.9 Å². The zero-order valence-electron chi connectivity index (χ0n) is 16.5. The highest BCUT2D eigenvalue weighted by Gasteiger charge is 2.34. The summed E-state index contributed by atoms with van der Waals surface area (Å²) in [5.74, 6) is 2.61. The van der Waals surface area contributed by atoms with E-state index in [1.54, 1.807) is 0 Å². The Hall–Kier alpha value is -2.39. The van der Waals surface area contributed by atoms with Crippen molar-refractivity contribution in [2.75, 3.05) is 0 Å². The maximum absolute atomic E-state index is 6.62. The summed E-state index contributed by atoms with van der Waals surface area (Å²) in [7, 11) is 2.18. The number of nitrogens with zero attached hydrogens (tertiary/aromatic N) is 1. The first-order valence-electron chi connectivity index (χ1n) is 9.60. The zero-order valence-corrected chi connectivity index (χ0v) is 17.3. The zero-order chi connectivity index (χ0) is 18.9. The smallest absolute Gasteiger partial charge is 0.257 e. The van der Waals surface area contributed by atoms with Crippen molar-refractivity contribution in [3.05, 3.63) is 52.4 Å². The minimum absolute atomic E-state index is 0.575. The molecule has 0 fully saturated rings. The van der Waals surface area contributed by atoms with E-state index < -0.39 is 0 Å². The predicted molar refractivity (Wildman–Crippen MR) is 114 cm³/mol. The standard InChI is InChI=1S/C24H24NOS/c1-13(2)11-17-23-22(25(5)18-9-10-27-24(17)18)20-15(4)14(3)12-16-7-6-8-19(26-23)21(16)20/h6-10,12-13H,11H2,1-5H3/q+1. The number of aryl methyl sites for hydroxylation is 2. The Morgan fingerprint density at radius 2 is 1.96 bits per heavy atom. The highest BCUT2D eigenvalue weighted by Crippen LogP contribution is 2.50. The van der Waals surface area contributed by atoms with Gasteiger partial charge in [0.05, 0.1) is 5.56 Å². The molecule has 0 aliphatic carbocycles. The number of thiophene rings is 1. The molecule has 136 valence electrons. The third kappa shape index (κ3) is 2.28. The van der Waals surface area contributed by atoms with Gasteiger partial charge in [0.2, 0.25) is 11.3 Å². The van der Waals surface area contributed by atoms with Gasteiger partial charge in [-0.2, -0.15) is 4.57 Å². The van der Waals surface area contributed by atoms with Crippen molar-refractivity contribution in [2.45, 2.75) is 34.1 Å². The summed E-state index contributed by atoms with van der Waals surface area (Å²) in [4.78, 5) is 0. The van der Waals surface area contributed by atoms with Gasteiger partial charge in [0.1, 0.15) is 17.5 Å². The second-order valence-corrected chi connectivity index (χ2v) is 9.01. The summed E-state index contributed by atoms with van der Waals surface area (Å²) < 4.78 is 10.3. The Balaban J connectivity index is 2.00. The molecule has 0 amide bonds. The molecule has 1 aliphatic heterocycles. The van der Waals surface area contributed by atoms with Crippen LogP contribution in [-0.2, 0) is 13.5 Å². The Labute approximate surface area is 164 Å². The van der Waals surface area contributed by atoms with Gasteiger partial charge in [-0.3, -0.25) is 0 Å². The van der Waals surface area contributed by atoms with Gasteiger partial charge >= 0.3 is 0 Å². The molecule has 2 aromatic heterocycles. The molecule has 0 radical (unpaired) electrons. The number of rotatable bonds is 2. The fraction of sp³-hybridized carbons (Fsp3) is 0.292. The Morgan fingerprint density at radius 3 is 2.74 bits per heavy atom. The minimum Gasteiger partial charge on any atom is -0.449 e. The molecule has 27 heavy (non-hydrogen) atoms. The second-order valence-electron chi connectivity index (χ2n) is 8.10. The quantitative estimate of drug-likeness (QED) is 0.323. The van der Waals surface area contributed by atoms with Crippen LogP contribution >= 0.6 is 11.3 Å². The van der Waals surface area contributed by atoms with Crippen molar-refractivity contribution in [1.29, 1.82) is 0 Å². The predicted octanol–water partition coefficient (Wildman–Crippen LogP) is 6.47. The molecule has 0 bridgehead atoms. The van der Waals surface area contributed by atoms with Crippen LogP contribution in [-0.4, -0.2) is 0 Å². The van der Waals surface area contributed by atoms with E-state index in [0.29, 0.717) is 5.92 Å². The highest BCUT2D eigenvalue weighted by molar-refractivity contribution is 7.17.